The lowest BCUT2D eigenvalue weighted by Crippen LogP contribution is -2.49. The highest BCUT2D eigenvalue weighted by atomic mass is 35.5. The first-order valence-corrected chi connectivity index (χ1v) is 8.53. The third kappa shape index (κ3) is 5.27. The van der Waals surface area contributed by atoms with Crippen LogP contribution >= 0.6 is 11.6 Å². The van der Waals surface area contributed by atoms with Crippen molar-refractivity contribution in [3.05, 3.63) is 23.0 Å². The van der Waals surface area contributed by atoms with Gasteiger partial charge in [-0.2, -0.15) is 0 Å². The Kier molecular flexibility index (Phi) is 5.74. The van der Waals surface area contributed by atoms with E-state index in [2.05, 4.69) is 22.9 Å². The number of hydrogen-bond donors (Lipinski definition) is 0. The molecule has 2 aliphatic heterocycles. The Labute approximate surface area is 143 Å². The Balaban J connectivity index is 1.95. The molecule has 0 unspecified atom stereocenters. The van der Waals surface area contributed by atoms with E-state index < -0.39 is 5.60 Å². The van der Waals surface area contributed by atoms with Crippen LogP contribution in [0.25, 0.3) is 0 Å². The second-order valence-corrected chi connectivity index (χ2v) is 7.17. The van der Waals surface area contributed by atoms with E-state index in [-0.39, 0.29) is 6.09 Å². The number of hydrogen-bond acceptors (Lipinski definition) is 4. The number of piperazine rings is 1. The largest absolute Gasteiger partial charge is 0.444 e. The highest BCUT2D eigenvalue weighted by molar-refractivity contribution is 6.30. The molecule has 0 aromatic carbocycles. The quantitative estimate of drug-likeness (QED) is 0.719. The van der Waals surface area contributed by atoms with Crippen molar-refractivity contribution in [1.82, 2.24) is 9.80 Å². The van der Waals surface area contributed by atoms with Crippen LogP contribution in [0, 0.1) is 0 Å². The summed E-state index contributed by atoms with van der Waals surface area (Å²) in [5, 5.41) is 0.556. The second-order valence-electron chi connectivity index (χ2n) is 6.78. The minimum Gasteiger partial charge on any atom is -0.444 e. The first kappa shape index (κ1) is 17.9. The molecule has 5 nitrogen and oxygen atoms in total. The van der Waals surface area contributed by atoms with Crippen molar-refractivity contribution in [3.63, 3.8) is 0 Å². The summed E-state index contributed by atoms with van der Waals surface area (Å²) in [5.74, 6) is 0. The lowest BCUT2D eigenvalue weighted by molar-refractivity contribution is 0.0168. The molecule has 0 aliphatic carbocycles. The number of carbonyl (C=O) groups is 1. The Morgan fingerprint density at radius 3 is 2.52 bits per heavy atom. The van der Waals surface area contributed by atoms with Gasteiger partial charge in [-0.3, -0.25) is 0 Å². The van der Waals surface area contributed by atoms with E-state index in [0.717, 1.165) is 31.6 Å². The number of halogens is 1. The van der Waals surface area contributed by atoms with Crippen LogP contribution in [0.4, 0.5) is 4.79 Å². The van der Waals surface area contributed by atoms with Gasteiger partial charge in [0.15, 0.2) is 0 Å². The van der Waals surface area contributed by atoms with E-state index in [1.807, 2.05) is 26.8 Å². The van der Waals surface area contributed by atoms with Crippen LogP contribution in [0.15, 0.2) is 28.0 Å². The van der Waals surface area contributed by atoms with Crippen molar-refractivity contribution in [3.8, 4) is 0 Å². The maximum Gasteiger partial charge on any atom is 0.410 e. The molecule has 0 bridgehead atoms. The summed E-state index contributed by atoms with van der Waals surface area (Å²) in [6.45, 7) is 10.7. The van der Waals surface area contributed by atoms with Crippen LogP contribution in [0.1, 0.15) is 40.5 Å². The van der Waals surface area contributed by atoms with Crippen molar-refractivity contribution in [1.29, 1.82) is 0 Å². The fraction of sp³-hybridized carbons (Fsp3) is 0.647. The van der Waals surface area contributed by atoms with Gasteiger partial charge in [0.2, 0.25) is 0 Å². The summed E-state index contributed by atoms with van der Waals surface area (Å²) in [6.07, 6.45) is 5.46. The molecule has 0 aromatic heterocycles. The van der Waals surface area contributed by atoms with Gasteiger partial charge in [0.25, 0.3) is 0 Å². The van der Waals surface area contributed by atoms with Crippen molar-refractivity contribution in [2.75, 3.05) is 26.2 Å². The zero-order chi connectivity index (χ0) is 17.0. The van der Waals surface area contributed by atoms with Crippen LogP contribution in [0.3, 0.4) is 0 Å². The molecule has 23 heavy (non-hydrogen) atoms. The van der Waals surface area contributed by atoms with Gasteiger partial charge in [0.05, 0.1) is 0 Å². The molecule has 6 heteroatoms. The Hall–Kier alpha value is -1.49. The topological polar surface area (TPSA) is 45.1 Å². The average molecular weight is 340 g/mol. The molecule has 1 saturated heterocycles. The minimum absolute atomic E-state index is 0.231. The minimum atomic E-state index is -0.452. The number of carbonyl (C=O) groups excluding carboxylic acids is 1. The van der Waals surface area contributed by atoms with Gasteiger partial charge < -0.3 is 14.5 Å². The smallest absolute Gasteiger partial charge is 0.410 e. The van der Waals surface area contributed by atoms with E-state index in [9.17, 15) is 4.79 Å². The molecule has 1 fully saturated rings. The monoisotopic (exact) mass is 339 g/mol. The molecule has 2 heterocycles. The molecule has 0 saturated carbocycles. The van der Waals surface area contributed by atoms with Gasteiger partial charge in [-0.15, -0.1) is 0 Å². The maximum atomic E-state index is 12.1. The first-order valence-electron chi connectivity index (χ1n) is 8.15. The molecule has 128 valence electrons. The third-order valence-corrected chi connectivity index (χ3v) is 4.00. The molecule has 1 amide bonds. The molecule has 0 N–H and O–H groups in total. The fourth-order valence-electron chi connectivity index (χ4n) is 2.56. The van der Waals surface area contributed by atoms with E-state index in [1.165, 1.54) is 5.70 Å². The fourth-order valence-corrected chi connectivity index (χ4v) is 2.75. The third-order valence-electron chi connectivity index (χ3n) is 3.76. The summed E-state index contributed by atoms with van der Waals surface area (Å²) in [5.41, 5.74) is 1.75. The molecule has 0 radical (unpaired) electrons. The van der Waals surface area contributed by atoms with E-state index in [1.54, 1.807) is 4.90 Å². The van der Waals surface area contributed by atoms with Crippen LogP contribution in [0.2, 0.25) is 0 Å². The molecular formula is C17H26ClN3O2. The van der Waals surface area contributed by atoms with Crippen molar-refractivity contribution >= 4 is 23.4 Å². The highest BCUT2D eigenvalue weighted by Crippen LogP contribution is 2.21. The number of allylic oxidation sites excluding steroid dienone is 2. The standard InChI is InChI=1S/C17H26ClN3O2/c1-5-13-12-14(6-7-15(18)19-13)20-8-10-21(11-9-20)16(22)23-17(2,3)4/h7,12H,5-6,8-11H2,1-4H3. The summed E-state index contributed by atoms with van der Waals surface area (Å²) < 4.78 is 5.43. The van der Waals surface area contributed by atoms with Gasteiger partial charge >= 0.3 is 6.09 Å². The number of rotatable bonds is 2. The predicted octanol–water partition coefficient (Wildman–Crippen LogP) is 3.76. The van der Waals surface area contributed by atoms with Gasteiger partial charge in [-0.05, 0) is 39.3 Å². The van der Waals surface area contributed by atoms with Crippen molar-refractivity contribution in [2.24, 2.45) is 4.99 Å². The lowest BCUT2D eigenvalue weighted by atomic mass is 10.1. The summed E-state index contributed by atoms with van der Waals surface area (Å²) in [4.78, 5) is 20.6. The second kappa shape index (κ2) is 7.39. The SMILES string of the molecule is CCC1=NC(Cl)=CCC(N2CCN(C(=O)OC(C)(C)C)CC2)=C1. The van der Waals surface area contributed by atoms with Gasteiger partial charge in [-0.25, -0.2) is 9.79 Å². The van der Waals surface area contributed by atoms with E-state index in [0.29, 0.717) is 18.2 Å². The summed E-state index contributed by atoms with van der Waals surface area (Å²) >= 11 is 6.08. The Morgan fingerprint density at radius 1 is 1.30 bits per heavy atom. The van der Waals surface area contributed by atoms with Gasteiger partial charge in [0, 0.05) is 44.0 Å². The number of aliphatic imine (C=N–C) groups is 1. The number of amides is 1. The normalized spacial score (nSPS) is 19.6. The number of ether oxygens (including phenoxy) is 1. The molecular weight excluding hydrogens is 314 g/mol. The van der Waals surface area contributed by atoms with E-state index >= 15 is 0 Å². The van der Waals surface area contributed by atoms with Gasteiger partial charge in [0.1, 0.15) is 10.8 Å². The van der Waals surface area contributed by atoms with Crippen LogP contribution in [-0.4, -0.2) is 53.4 Å². The van der Waals surface area contributed by atoms with Crippen molar-refractivity contribution in [2.45, 2.75) is 46.1 Å². The first-order chi connectivity index (χ1) is 10.8. The zero-order valence-electron chi connectivity index (χ0n) is 14.4. The zero-order valence-corrected chi connectivity index (χ0v) is 15.2. The van der Waals surface area contributed by atoms with Crippen LogP contribution in [-0.2, 0) is 4.74 Å². The van der Waals surface area contributed by atoms with Crippen LogP contribution < -0.4 is 0 Å². The number of nitrogens with zero attached hydrogens (tertiary/aromatic N) is 3. The molecule has 0 aromatic rings. The maximum absolute atomic E-state index is 12.1. The molecule has 0 spiro atoms. The van der Waals surface area contributed by atoms with Crippen LogP contribution in [0.5, 0.6) is 0 Å². The molecule has 0 atom stereocenters. The average Bonchev–Trinajstić information content (AvgIpc) is 2.67. The molecule has 2 aliphatic rings. The van der Waals surface area contributed by atoms with Crippen molar-refractivity contribution < 1.29 is 9.53 Å². The Morgan fingerprint density at radius 2 is 1.96 bits per heavy atom. The summed E-state index contributed by atoms with van der Waals surface area (Å²) in [6, 6.07) is 0. The predicted molar refractivity (Wildman–Crippen MR) is 93.7 cm³/mol. The van der Waals surface area contributed by atoms with Gasteiger partial charge in [-0.1, -0.05) is 18.5 Å². The highest BCUT2D eigenvalue weighted by Gasteiger charge is 2.26. The summed E-state index contributed by atoms with van der Waals surface area (Å²) in [7, 11) is 0. The van der Waals surface area contributed by atoms with E-state index in [4.69, 9.17) is 16.3 Å². The Bertz CT molecular complexity index is 539. The lowest BCUT2D eigenvalue weighted by Gasteiger charge is -2.37. The molecule has 2 rings (SSSR count).